The molecule has 3 aliphatic heterocycles. The fourth-order valence-corrected chi connectivity index (χ4v) is 10.5. The minimum atomic E-state index is -2.56. The van der Waals surface area contributed by atoms with Crippen LogP contribution in [0.25, 0.3) is 22.3 Å². The van der Waals surface area contributed by atoms with E-state index in [4.69, 9.17) is 39.8 Å². The van der Waals surface area contributed by atoms with Gasteiger partial charge in [-0.05, 0) is 80.0 Å². The number of hydrogen-bond donors (Lipinski definition) is 11. The fraction of sp³-hybridized carbons (Fsp3) is 0.491. The number of carbonyl (C=O) groups is 7. The number of nitrogens with one attached hydrogen (secondary N) is 5. The molecule has 5 amide bonds. The van der Waals surface area contributed by atoms with Gasteiger partial charge in [0.15, 0.2) is 6.10 Å². The summed E-state index contributed by atoms with van der Waals surface area (Å²) in [7, 11) is 0. The van der Waals surface area contributed by atoms with Crippen LogP contribution in [0.15, 0.2) is 35.1 Å². The molecule has 456 valence electrons. The second-order valence-electron chi connectivity index (χ2n) is 20.8. The van der Waals surface area contributed by atoms with E-state index in [1.165, 1.54) is 41.8 Å². The maximum absolute atomic E-state index is 15.4. The summed E-state index contributed by atoms with van der Waals surface area (Å²) in [4.78, 5) is 108. The van der Waals surface area contributed by atoms with E-state index < -0.39 is 141 Å². The largest absolute Gasteiger partial charge is 0.479 e. The smallest absolute Gasteiger partial charge is 0.407 e. The third-order valence-electron chi connectivity index (χ3n) is 15.1. The van der Waals surface area contributed by atoms with Gasteiger partial charge in [0, 0.05) is 35.7 Å². The standard InChI is InChI=1S/C57H66FN7O20/c1-5-7-8-9-10-30(6-2)81-25-42(68)59-15-16-60-51(73)32-17-29(11-14-40(32)84-54-49(72)47(70)48(71)50(85-54)53(75)76)22-83-56(78)61-20-41(67)62-26-80-24-43(69)63-37-13-12-31-27(3)36(58)19-38-44(31)45(37)33-21-65-39(46(33)64-38)18-35-34(52(65)74)23-82-55(77)57(35,79)28(4)66/h2,11,14,17-19,28,30,37,47-50,54,66,70-72,79H,5,7-10,12-13,15-16,20-26H2,1,3-4H3,(H,59,68)(H,60,73)(H,61,78)(H,62,67)(H,63,69)(H,75,76)/t28-,30?,37+,47+,48+,49-,50+,54-,57+/m1/s1. The zero-order valence-electron chi connectivity index (χ0n) is 46.6. The summed E-state index contributed by atoms with van der Waals surface area (Å²) in [5.41, 5.74) is -0.596. The summed E-state index contributed by atoms with van der Waals surface area (Å²) in [6.07, 6.45) is -2.57. The summed E-state index contributed by atoms with van der Waals surface area (Å²) in [5, 5.41) is 75.8. The van der Waals surface area contributed by atoms with E-state index in [2.05, 4.69) is 39.4 Å². The van der Waals surface area contributed by atoms with E-state index in [0.717, 1.165) is 25.7 Å². The molecule has 9 atom stereocenters. The van der Waals surface area contributed by atoms with E-state index in [1.807, 2.05) is 0 Å². The van der Waals surface area contributed by atoms with Gasteiger partial charge in [-0.15, -0.1) is 6.42 Å². The number of benzene rings is 2. The Morgan fingerprint density at radius 2 is 1.71 bits per heavy atom. The molecule has 0 spiro atoms. The van der Waals surface area contributed by atoms with Crippen molar-refractivity contribution in [2.45, 2.75) is 140 Å². The summed E-state index contributed by atoms with van der Waals surface area (Å²) in [6, 6.07) is 5.70. The number of esters is 1. The number of terminal acetylenes is 1. The Labute approximate surface area is 484 Å². The molecule has 1 saturated heterocycles. The number of hydrogen-bond acceptors (Lipinski definition) is 20. The first kappa shape index (κ1) is 62.9. The molecule has 28 heteroatoms. The van der Waals surface area contributed by atoms with Gasteiger partial charge in [-0.25, -0.2) is 23.8 Å². The number of aliphatic hydroxyl groups excluding tert-OH is 4. The molecule has 5 heterocycles. The summed E-state index contributed by atoms with van der Waals surface area (Å²) in [6.45, 7) is 1.72. The van der Waals surface area contributed by atoms with Gasteiger partial charge < -0.3 is 90.2 Å². The molecule has 1 unspecified atom stereocenters. The number of carboxylic acid groups (broad SMARTS) is 1. The highest BCUT2D eigenvalue weighted by molar-refractivity contribution is 5.97. The first-order valence-corrected chi connectivity index (χ1v) is 27.5. The average Bonchev–Trinajstić information content (AvgIpc) is 1.70. The Hall–Kier alpha value is -8.14. The molecule has 27 nitrogen and oxygen atoms in total. The molecule has 1 aliphatic carbocycles. The number of halogens is 1. The second-order valence-corrected chi connectivity index (χ2v) is 20.8. The minimum absolute atomic E-state index is 0.0376. The fourth-order valence-electron chi connectivity index (χ4n) is 10.5. The number of amides is 5. The number of aliphatic carboxylic acids is 1. The Bertz CT molecular complexity index is 3370. The number of unbranched alkanes of at least 4 members (excludes halogenated alkanes) is 3. The van der Waals surface area contributed by atoms with Gasteiger partial charge in [0.1, 0.15) is 75.7 Å². The molecular weight excluding hydrogens is 1120 g/mol. The molecule has 2 aromatic carbocycles. The third-order valence-corrected chi connectivity index (χ3v) is 15.1. The van der Waals surface area contributed by atoms with Gasteiger partial charge in [0.05, 0.1) is 46.7 Å². The van der Waals surface area contributed by atoms with Crippen molar-refractivity contribution in [2.24, 2.45) is 0 Å². The van der Waals surface area contributed by atoms with Crippen LogP contribution in [0.5, 0.6) is 5.75 Å². The first-order chi connectivity index (χ1) is 40.6. The van der Waals surface area contributed by atoms with Gasteiger partial charge in [-0.2, -0.15) is 0 Å². The highest BCUT2D eigenvalue weighted by atomic mass is 19.1. The molecule has 0 radical (unpaired) electrons. The third kappa shape index (κ3) is 13.7. The molecule has 8 rings (SSSR count). The van der Waals surface area contributed by atoms with Crippen LogP contribution in [0.3, 0.4) is 0 Å². The van der Waals surface area contributed by atoms with Crippen molar-refractivity contribution in [3.63, 3.8) is 0 Å². The highest BCUT2D eigenvalue weighted by Gasteiger charge is 2.51. The number of aliphatic hydroxyl groups is 5. The summed E-state index contributed by atoms with van der Waals surface area (Å²) in [5.74, 6) is -3.82. The lowest BCUT2D eigenvalue weighted by Crippen LogP contribution is -2.61. The molecular formula is C57H66FN7O20. The summed E-state index contributed by atoms with van der Waals surface area (Å²) >= 11 is 0. The molecule has 85 heavy (non-hydrogen) atoms. The van der Waals surface area contributed by atoms with Crippen molar-refractivity contribution in [1.82, 2.24) is 36.1 Å². The second kappa shape index (κ2) is 27.3. The maximum Gasteiger partial charge on any atom is 0.407 e. The minimum Gasteiger partial charge on any atom is -0.479 e. The van der Waals surface area contributed by atoms with Crippen LogP contribution < -0.4 is 36.9 Å². The van der Waals surface area contributed by atoms with Gasteiger partial charge >= 0.3 is 18.0 Å². The topological polar surface area (TPSA) is 391 Å². The zero-order valence-corrected chi connectivity index (χ0v) is 46.6. The van der Waals surface area contributed by atoms with Crippen molar-refractivity contribution in [1.29, 1.82) is 0 Å². The molecule has 4 aromatic rings. The van der Waals surface area contributed by atoms with Crippen molar-refractivity contribution in [3.8, 4) is 29.5 Å². The van der Waals surface area contributed by atoms with Crippen LogP contribution in [-0.2, 0) is 79.4 Å². The van der Waals surface area contributed by atoms with Crippen molar-refractivity contribution >= 4 is 52.6 Å². The average molecular weight is 1190 g/mol. The number of aryl methyl sites for hydroxylation is 1. The maximum atomic E-state index is 15.4. The number of pyridine rings is 2. The predicted octanol–water partition coefficient (Wildman–Crippen LogP) is -0.276. The van der Waals surface area contributed by atoms with E-state index in [-0.39, 0.29) is 71.1 Å². The molecule has 0 saturated carbocycles. The van der Waals surface area contributed by atoms with Crippen LogP contribution in [0.1, 0.15) is 108 Å². The molecule has 11 N–H and O–H groups in total. The van der Waals surface area contributed by atoms with E-state index >= 15 is 4.39 Å². The molecule has 4 aliphatic rings. The number of carbonyl (C=O) groups excluding carboxylic acids is 6. The quantitative estimate of drug-likeness (QED) is 0.0155. The number of carboxylic acids is 1. The molecule has 1 fully saturated rings. The van der Waals surface area contributed by atoms with Crippen LogP contribution in [-0.4, -0.2) is 164 Å². The number of cyclic esters (lactones) is 1. The van der Waals surface area contributed by atoms with Crippen LogP contribution >= 0.6 is 0 Å². The van der Waals surface area contributed by atoms with Gasteiger partial charge in [-0.1, -0.05) is 38.2 Å². The number of ether oxygens (including phenoxy) is 6. The van der Waals surface area contributed by atoms with E-state index in [0.29, 0.717) is 46.9 Å². The first-order valence-electron chi connectivity index (χ1n) is 27.5. The lowest BCUT2D eigenvalue weighted by atomic mass is 9.81. The number of alkyl carbamates (subject to hydrolysis) is 1. The number of fused-ring (bicyclic) bond motifs is 5. The normalized spacial score (nSPS) is 21.6. The monoisotopic (exact) mass is 1190 g/mol. The number of aromatic nitrogens is 2. The van der Waals surface area contributed by atoms with Crippen LogP contribution in [0.4, 0.5) is 9.18 Å². The van der Waals surface area contributed by atoms with Crippen molar-refractivity contribution < 1.29 is 97.0 Å². The number of rotatable bonds is 25. The lowest BCUT2D eigenvalue weighted by molar-refractivity contribution is -0.271. The van der Waals surface area contributed by atoms with Gasteiger partial charge in [-0.3, -0.25) is 24.0 Å². The summed E-state index contributed by atoms with van der Waals surface area (Å²) < 4.78 is 49.0. The van der Waals surface area contributed by atoms with Gasteiger partial charge in [0.25, 0.3) is 11.5 Å². The van der Waals surface area contributed by atoms with Crippen LogP contribution in [0.2, 0.25) is 0 Å². The SMILES string of the molecule is C#CC(CCCCCC)OCC(=O)NCCNC(=O)c1cc(COC(=O)NCC(=O)NCOCC(=O)N[C@H]2CCc3c(C)c(F)cc4nc5c(c2c34)Cn2c-5cc3c(c2=O)COC(=O)[C@]3(O)[C@@H](C)O)ccc1O[C@@H]1O[C@H](C(=O)O)[C@@H](O)[C@H](O)[C@H]1O. The predicted molar refractivity (Wildman–Crippen MR) is 291 cm³/mol. The van der Waals surface area contributed by atoms with Gasteiger partial charge in [0.2, 0.25) is 29.6 Å². The zero-order chi connectivity index (χ0) is 61.4. The molecule has 2 aromatic heterocycles. The Balaban J connectivity index is 0.840. The van der Waals surface area contributed by atoms with E-state index in [1.54, 1.807) is 6.92 Å². The van der Waals surface area contributed by atoms with Crippen molar-refractivity contribution in [3.05, 3.63) is 91.0 Å². The van der Waals surface area contributed by atoms with Crippen molar-refractivity contribution in [2.75, 3.05) is 39.6 Å². The Morgan fingerprint density at radius 1 is 0.941 bits per heavy atom. The Morgan fingerprint density at radius 3 is 2.44 bits per heavy atom. The van der Waals surface area contributed by atoms with Crippen LogP contribution in [0, 0.1) is 25.1 Å². The Kier molecular flexibility index (Phi) is 20.2. The number of nitrogens with zero attached hydrogens (tertiary/aromatic N) is 2. The van der Waals surface area contributed by atoms with E-state index in [9.17, 15) is 69.0 Å². The lowest BCUT2D eigenvalue weighted by Gasteiger charge is -2.38. The molecule has 0 bridgehead atoms. The highest BCUT2D eigenvalue weighted by Crippen LogP contribution is 2.46.